The van der Waals surface area contributed by atoms with E-state index in [0.717, 1.165) is 19.3 Å². The molecular formula is C15H19NO3S. The zero-order valence-corrected chi connectivity index (χ0v) is 12.2. The number of thiophene rings is 1. The van der Waals surface area contributed by atoms with E-state index in [2.05, 4.69) is 5.32 Å². The van der Waals surface area contributed by atoms with Crippen LogP contribution in [0.3, 0.4) is 0 Å². The van der Waals surface area contributed by atoms with Crippen LogP contribution in [-0.4, -0.2) is 22.5 Å². The number of hydrogen-bond donors (Lipinski definition) is 2. The maximum absolute atomic E-state index is 12.3. The third-order valence-electron chi connectivity index (χ3n) is 4.44. The fourth-order valence-corrected chi connectivity index (χ4v) is 4.13. The molecule has 0 aromatic carbocycles. The topological polar surface area (TPSA) is 66.4 Å². The van der Waals surface area contributed by atoms with Crippen LogP contribution in [0.15, 0.2) is 6.07 Å². The normalized spacial score (nSPS) is 20.4. The minimum absolute atomic E-state index is 0.217. The lowest BCUT2D eigenvalue weighted by Gasteiger charge is -2.38. The van der Waals surface area contributed by atoms with Gasteiger partial charge in [0.05, 0.1) is 4.88 Å². The lowest BCUT2D eigenvalue weighted by molar-refractivity contribution is -0.148. The Labute approximate surface area is 122 Å². The van der Waals surface area contributed by atoms with Crippen molar-refractivity contribution in [1.29, 1.82) is 0 Å². The molecule has 1 aromatic heterocycles. The van der Waals surface area contributed by atoms with Gasteiger partial charge >= 0.3 is 5.97 Å². The van der Waals surface area contributed by atoms with E-state index in [1.807, 2.05) is 6.07 Å². The van der Waals surface area contributed by atoms with Crippen molar-refractivity contribution in [2.75, 3.05) is 0 Å². The van der Waals surface area contributed by atoms with Gasteiger partial charge in [-0.3, -0.25) is 4.79 Å². The molecule has 20 heavy (non-hydrogen) atoms. The van der Waals surface area contributed by atoms with Crippen molar-refractivity contribution in [1.82, 2.24) is 5.32 Å². The van der Waals surface area contributed by atoms with Crippen LogP contribution in [0.1, 0.15) is 58.6 Å². The Kier molecular flexibility index (Phi) is 3.54. The minimum Gasteiger partial charge on any atom is -0.480 e. The van der Waals surface area contributed by atoms with Crippen molar-refractivity contribution in [3.63, 3.8) is 0 Å². The van der Waals surface area contributed by atoms with Crippen molar-refractivity contribution >= 4 is 23.2 Å². The summed E-state index contributed by atoms with van der Waals surface area (Å²) in [6.45, 7) is 0. The fourth-order valence-electron chi connectivity index (χ4n) is 2.98. The van der Waals surface area contributed by atoms with Gasteiger partial charge in [-0.15, -0.1) is 11.3 Å². The average molecular weight is 293 g/mol. The van der Waals surface area contributed by atoms with E-state index >= 15 is 0 Å². The first-order valence-electron chi connectivity index (χ1n) is 7.28. The van der Waals surface area contributed by atoms with Crippen molar-refractivity contribution in [2.24, 2.45) is 0 Å². The molecule has 4 nitrogen and oxygen atoms in total. The van der Waals surface area contributed by atoms with E-state index < -0.39 is 11.5 Å². The molecule has 1 aromatic rings. The molecular weight excluding hydrogens is 274 g/mol. The Bertz CT molecular complexity index is 522. The number of amides is 1. The van der Waals surface area contributed by atoms with Gasteiger partial charge in [-0.1, -0.05) is 6.42 Å². The molecule has 1 fully saturated rings. The molecule has 3 rings (SSSR count). The Morgan fingerprint density at radius 3 is 2.55 bits per heavy atom. The third-order valence-corrected chi connectivity index (χ3v) is 5.68. The Balaban J connectivity index is 1.76. The zero-order valence-electron chi connectivity index (χ0n) is 11.4. The van der Waals surface area contributed by atoms with Crippen LogP contribution < -0.4 is 5.32 Å². The summed E-state index contributed by atoms with van der Waals surface area (Å²) in [4.78, 5) is 25.6. The monoisotopic (exact) mass is 293 g/mol. The van der Waals surface area contributed by atoms with Crippen LogP contribution in [0.2, 0.25) is 0 Å². The fraction of sp³-hybridized carbons (Fsp3) is 0.600. The summed E-state index contributed by atoms with van der Waals surface area (Å²) >= 11 is 1.54. The highest BCUT2D eigenvalue weighted by Crippen LogP contribution is 2.34. The van der Waals surface area contributed by atoms with Crippen LogP contribution in [0.4, 0.5) is 0 Å². The molecule has 0 atom stereocenters. The van der Waals surface area contributed by atoms with Crippen molar-refractivity contribution in [3.8, 4) is 0 Å². The van der Waals surface area contributed by atoms with E-state index in [-0.39, 0.29) is 5.91 Å². The van der Waals surface area contributed by atoms with Crippen LogP contribution in [-0.2, 0) is 17.6 Å². The number of aryl methyl sites for hydroxylation is 2. The van der Waals surface area contributed by atoms with Gasteiger partial charge in [0.25, 0.3) is 5.91 Å². The van der Waals surface area contributed by atoms with Crippen molar-refractivity contribution in [2.45, 2.75) is 56.9 Å². The molecule has 0 saturated heterocycles. The number of carbonyl (C=O) groups excluding carboxylic acids is 1. The second kappa shape index (κ2) is 5.20. The Morgan fingerprint density at radius 1 is 1.15 bits per heavy atom. The maximum atomic E-state index is 12.3. The summed E-state index contributed by atoms with van der Waals surface area (Å²) in [5.41, 5.74) is 0.272. The molecule has 2 aliphatic rings. The number of carboxylic acids is 1. The summed E-state index contributed by atoms with van der Waals surface area (Å²) in [5.74, 6) is -1.12. The molecule has 5 heteroatoms. The van der Waals surface area contributed by atoms with Crippen LogP contribution in [0.25, 0.3) is 0 Å². The first-order chi connectivity index (χ1) is 9.61. The second-order valence-electron chi connectivity index (χ2n) is 5.81. The van der Waals surface area contributed by atoms with Gasteiger partial charge in [-0.25, -0.2) is 4.79 Å². The molecule has 0 unspecified atom stereocenters. The number of hydrogen-bond acceptors (Lipinski definition) is 3. The van der Waals surface area contributed by atoms with Gasteiger partial charge in [0, 0.05) is 4.88 Å². The van der Waals surface area contributed by atoms with Gasteiger partial charge in [-0.05, 0) is 56.6 Å². The molecule has 0 spiro atoms. The van der Waals surface area contributed by atoms with Crippen LogP contribution in [0, 0.1) is 0 Å². The standard InChI is InChI=1S/C15H19NO3S/c17-13(16-15(14(18)19)7-4-8-15)12-9-10-5-2-1-3-6-11(10)20-12/h9H,1-8H2,(H,16,17)(H,18,19). The number of carboxylic acid groups (broad SMARTS) is 1. The first kappa shape index (κ1) is 13.6. The summed E-state index contributed by atoms with van der Waals surface area (Å²) in [5, 5.41) is 12.0. The average Bonchev–Trinajstić information content (AvgIpc) is 2.65. The summed E-state index contributed by atoms with van der Waals surface area (Å²) in [6.07, 6.45) is 7.68. The maximum Gasteiger partial charge on any atom is 0.329 e. The third kappa shape index (κ3) is 2.35. The molecule has 2 aliphatic carbocycles. The second-order valence-corrected chi connectivity index (χ2v) is 6.95. The Morgan fingerprint density at radius 2 is 1.90 bits per heavy atom. The summed E-state index contributed by atoms with van der Waals surface area (Å²) in [7, 11) is 0. The van der Waals surface area contributed by atoms with E-state index in [0.29, 0.717) is 17.7 Å². The molecule has 0 bridgehead atoms. The highest BCUT2D eigenvalue weighted by molar-refractivity contribution is 7.14. The van der Waals surface area contributed by atoms with E-state index in [4.69, 9.17) is 0 Å². The number of aliphatic carboxylic acids is 1. The highest BCUT2D eigenvalue weighted by Gasteiger charge is 2.46. The lowest BCUT2D eigenvalue weighted by Crippen LogP contribution is -2.59. The molecule has 1 saturated carbocycles. The molecule has 0 radical (unpaired) electrons. The number of fused-ring (bicyclic) bond motifs is 1. The molecule has 1 amide bonds. The van der Waals surface area contributed by atoms with E-state index in [1.165, 1.54) is 41.0 Å². The van der Waals surface area contributed by atoms with Crippen molar-refractivity contribution in [3.05, 3.63) is 21.4 Å². The quantitative estimate of drug-likeness (QED) is 0.842. The number of nitrogens with one attached hydrogen (secondary N) is 1. The van der Waals surface area contributed by atoms with Gasteiger partial charge in [0.2, 0.25) is 0 Å². The number of carbonyl (C=O) groups is 2. The van der Waals surface area contributed by atoms with Gasteiger partial charge in [-0.2, -0.15) is 0 Å². The zero-order chi connectivity index (χ0) is 14.2. The summed E-state index contributed by atoms with van der Waals surface area (Å²) < 4.78 is 0. The van der Waals surface area contributed by atoms with Gasteiger partial charge < -0.3 is 10.4 Å². The van der Waals surface area contributed by atoms with E-state index in [1.54, 1.807) is 0 Å². The molecule has 1 heterocycles. The predicted molar refractivity (Wildman–Crippen MR) is 77.3 cm³/mol. The van der Waals surface area contributed by atoms with Crippen LogP contribution in [0.5, 0.6) is 0 Å². The minimum atomic E-state index is -1.02. The SMILES string of the molecule is O=C(NC1(C(=O)O)CCC1)c1cc2c(s1)CCCCC2. The molecule has 108 valence electrons. The predicted octanol–water partition coefficient (Wildman–Crippen LogP) is 2.75. The Hall–Kier alpha value is -1.36. The molecule has 2 N–H and O–H groups in total. The first-order valence-corrected chi connectivity index (χ1v) is 8.10. The largest absolute Gasteiger partial charge is 0.480 e. The lowest BCUT2D eigenvalue weighted by atomic mass is 9.77. The van der Waals surface area contributed by atoms with Crippen LogP contribution >= 0.6 is 11.3 Å². The number of rotatable bonds is 3. The molecule has 0 aliphatic heterocycles. The van der Waals surface area contributed by atoms with Crippen molar-refractivity contribution < 1.29 is 14.7 Å². The van der Waals surface area contributed by atoms with Gasteiger partial charge in [0.1, 0.15) is 5.54 Å². The van der Waals surface area contributed by atoms with E-state index in [9.17, 15) is 14.7 Å². The summed E-state index contributed by atoms with van der Waals surface area (Å²) in [6, 6.07) is 1.97. The smallest absolute Gasteiger partial charge is 0.329 e. The highest BCUT2D eigenvalue weighted by atomic mass is 32.1. The van der Waals surface area contributed by atoms with Gasteiger partial charge in [0.15, 0.2) is 0 Å².